The van der Waals surface area contributed by atoms with Crippen LogP contribution in [0.3, 0.4) is 0 Å². The van der Waals surface area contributed by atoms with E-state index in [1.54, 1.807) is 18.2 Å². The lowest BCUT2D eigenvalue weighted by atomic mass is 10.2. The summed E-state index contributed by atoms with van der Waals surface area (Å²) in [5, 5.41) is 3.34. The first-order valence-corrected chi connectivity index (χ1v) is 5.06. The van der Waals surface area contributed by atoms with Crippen molar-refractivity contribution in [1.82, 2.24) is 5.32 Å². The second kappa shape index (κ2) is 5.03. The minimum absolute atomic E-state index is 0.0953. The van der Waals surface area contributed by atoms with Crippen molar-refractivity contribution in [3.8, 4) is 5.75 Å². The molecule has 1 rings (SSSR count). The molecular weight excluding hydrogens is 214 g/mol. The molecule has 0 saturated heterocycles. The van der Waals surface area contributed by atoms with Crippen LogP contribution in [0.5, 0.6) is 5.75 Å². The van der Waals surface area contributed by atoms with Crippen LogP contribution >= 0.6 is 11.6 Å². The van der Waals surface area contributed by atoms with Crippen LogP contribution in [0.25, 0.3) is 0 Å². The van der Waals surface area contributed by atoms with Crippen LogP contribution in [-0.4, -0.2) is 19.1 Å². The number of carbonyl (C=O) groups is 1. The molecule has 0 unspecified atom stereocenters. The summed E-state index contributed by atoms with van der Waals surface area (Å²) in [6, 6.07) is 5.03. The minimum atomic E-state index is -0.154. The van der Waals surface area contributed by atoms with Crippen LogP contribution in [0.1, 0.15) is 24.2 Å². The van der Waals surface area contributed by atoms with Crippen LogP contribution in [0.2, 0.25) is 5.02 Å². The van der Waals surface area contributed by atoms with E-state index in [0.29, 0.717) is 16.3 Å². The Kier molecular flexibility index (Phi) is 3.97. The van der Waals surface area contributed by atoms with Gasteiger partial charge in [0, 0.05) is 11.1 Å². The average Bonchev–Trinajstić information content (AvgIpc) is 2.16. The third kappa shape index (κ3) is 3.13. The summed E-state index contributed by atoms with van der Waals surface area (Å²) in [5.41, 5.74) is 0.496. The molecule has 1 N–H and O–H groups in total. The Labute approximate surface area is 94.4 Å². The number of methoxy groups -OCH3 is 1. The van der Waals surface area contributed by atoms with E-state index in [0.717, 1.165) is 0 Å². The number of rotatable bonds is 3. The number of ether oxygens (including phenoxy) is 1. The highest BCUT2D eigenvalue weighted by Crippen LogP contribution is 2.22. The maximum Gasteiger partial charge on any atom is 0.255 e. The van der Waals surface area contributed by atoms with Crippen molar-refractivity contribution in [1.29, 1.82) is 0 Å². The molecule has 0 aromatic heterocycles. The summed E-state index contributed by atoms with van der Waals surface area (Å²) in [6.07, 6.45) is 0. The molecule has 3 nitrogen and oxygen atoms in total. The van der Waals surface area contributed by atoms with Gasteiger partial charge in [-0.05, 0) is 32.0 Å². The zero-order valence-electron chi connectivity index (χ0n) is 9.00. The van der Waals surface area contributed by atoms with Crippen LogP contribution in [0.4, 0.5) is 0 Å². The van der Waals surface area contributed by atoms with E-state index >= 15 is 0 Å². The van der Waals surface area contributed by atoms with Gasteiger partial charge in [-0.25, -0.2) is 0 Å². The highest BCUT2D eigenvalue weighted by Gasteiger charge is 2.12. The van der Waals surface area contributed by atoms with E-state index in [9.17, 15) is 4.79 Å². The monoisotopic (exact) mass is 227 g/mol. The first kappa shape index (κ1) is 11.9. The van der Waals surface area contributed by atoms with Crippen LogP contribution in [-0.2, 0) is 0 Å². The molecule has 0 heterocycles. The van der Waals surface area contributed by atoms with E-state index in [-0.39, 0.29) is 11.9 Å². The summed E-state index contributed by atoms with van der Waals surface area (Å²) in [6.45, 7) is 3.81. The third-order valence-electron chi connectivity index (χ3n) is 1.83. The van der Waals surface area contributed by atoms with Gasteiger partial charge in [0.25, 0.3) is 5.91 Å². The molecule has 15 heavy (non-hydrogen) atoms. The SMILES string of the molecule is COc1cc(Cl)ccc1C(=O)NC(C)C. The number of halogens is 1. The van der Waals surface area contributed by atoms with Gasteiger partial charge >= 0.3 is 0 Å². The molecule has 1 aromatic rings. The number of hydrogen-bond acceptors (Lipinski definition) is 2. The van der Waals surface area contributed by atoms with Gasteiger partial charge in [0.1, 0.15) is 5.75 Å². The molecule has 1 aromatic carbocycles. The molecule has 82 valence electrons. The lowest BCUT2D eigenvalue weighted by Gasteiger charge is -2.11. The van der Waals surface area contributed by atoms with Crippen molar-refractivity contribution in [2.45, 2.75) is 19.9 Å². The molecular formula is C11H14ClNO2. The van der Waals surface area contributed by atoms with Crippen molar-refractivity contribution in [2.75, 3.05) is 7.11 Å². The fraction of sp³-hybridized carbons (Fsp3) is 0.364. The third-order valence-corrected chi connectivity index (χ3v) is 2.06. The zero-order chi connectivity index (χ0) is 11.4. The molecule has 0 spiro atoms. The van der Waals surface area contributed by atoms with Crippen LogP contribution in [0, 0.1) is 0 Å². The van der Waals surface area contributed by atoms with E-state index in [1.807, 2.05) is 13.8 Å². The van der Waals surface area contributed by atoms with Crippen molar-refractivity contribution in [3.63, 3.8) is 0 Å². The maximum atomic E-state index is 11.7. The molecule has 0 aliphatic heterocycles. The lowest BCUT2D eigenvalue weighted by Crippen LogP contribution is -2.30. The van der Waals surface area contributed by atoms with Crippen molar-refractivity contribution in [3.05, 3.63) is 28.8 Å². The number of carbonyl (C=O) groups excluding carboxylic acids is 1. The Morgan fingerprint density at radius 1 is 1.47 bits per heavy atom. The van der Waals surface area contributed by atoms with Gasteiger partial charge in [0.2, 0.25) is 0 Å². The van der Waals surface area contributed by atoms with Gasteiger partial charge in [-0.3, -0.25) is 4.79 Å². The maximum absolute atomic E-state index is 11.7. The topological polar surface area (TPSA) is 38.3 Å². The van der Waals surface area contributed by atoms with E-state index in [2.05, 4.69) is 5.32 Å². The summed E-state index contributed by atoms with van der Waals surface area (Å²) >= 11 is 5.79. The summed E-state index contributed by atoms with van der Waals surface area (Å²) in [5.74, 6) is 0.333. The van der Waals surface area contributed by atoms with Crippen LogP contribution in [0.15, 0.2) is 18.2 Å². The average molecular weight is 228 g/mol. The van der Waals surface area contributed by atoms with Gasteiger partial charge in [-0.2, -0.15) is 0 Å². The predicted molar refractivity (Wildman–Crippen MR) is 60.6 cm³/mol. The largest absolute Gasteiger partial charge is 0.496 e. The number of nitrogens with one attached hydrogen (secondary N) is 1. The molecule has 4 heteroatoms. The predicted octanol–water partition coefficient (Wildman–Crippen LogP) is 2.49. The van der Waals surface area contributed by atoms with Crippen molar-refractivity contribution >= 4 is 17.5 Å². The minimum Gasteiger partial charge on any atom is -0.496 e. The molecule has 0 fully saturated rings. The van der Waals surface area contributed by atoms with E-state index in [4.69, 9.17) is 16.3 Å². The van der Waals surface area contributed by atoms with Crippen LogP contribution < -0.4 is 10.1 Å². The molecule has 0 radical (unpaired) electrons. The smallest absolute Gasteiger partial charge is 0.255 e. The van der Waals surface area contributed by atoms with Gasteiger partial charge in [-0.1, -0.05) is 11.6 Å². The Hall–Kier alpha value is -1.22. The Bertz CT molecular complexity index is 364. The van der Waals surface area contributed by atoms with E-state index < -0.39 is 0 Å². The first-order chi connectivity index (χ1) is 7.04. The number of benzene rings is 1. The molecule has 1 amide bonds. The number of hydrogen-bond donors (Lipinski definition) is 1. The molecule has 0 atom stereocenters. The molecule has 0 aliphatic carbocycles. The second-order valence-electron chi connectivity index (χ2n) is 3.47. The fourth-order valence-electron chi connectivity index (χ4n) is 1.19. The first-order valence-electron chi connectivity index (χ1n) is 4.69. The Balaban J connectivity index is 2.97. The highest BCUT2D eigenvalue weighted by atomic mass is 35.5. The van der Waals surface area contributed by atoms with Gasteiger partial charge in [0.05, 0.1) is 12.7 Å². The van der Waals surface area contributed by atoms with Gasteiger partial charge < -0.3 is 10.1 Å². The van der Waals surface area contributed by atoms with Gasteiger partial charge in [-0.15, -0.1) is 0 Å². The number of amides is 1. The lowest BCUT2D eigenvalue weighted by molar-refractivity contribution is 0.0940. The molecule has 0 aliphatic rings. The molecule has 0 bridgehead atoms. The van der Waals surface area contributed by atoms with Crippen molar-refractivity contribution < 1.29 is 9.53 Å². The second-order valence-corrected chi connectivity index (χ2v) is 3.91. The summed E-state index contributed by atoms with van der Waals surface area (Å²) in [4.78, 5) is 11.7. The Morgan fingerprint density at radius 2 is 2.13 bits per heavy atom. The quantitative estimate of drug-likeness (QED) is 0.862. The Morgan fingerprint density at radius 3 is 2.67 bits per heavy atom. The fourth-order valence-corrected chi connectivity index (χ4v) is 1.35. The normalized spacial score (nSPS) is 10.2. The summed E-state index contributed by atoms with van der Waals surface area (Å²) < 4.78 is 5.08. The standard InChI is InChI=1S/C11H14ClNO2/c1-7(2)13-11(14)9-5-4-8(12)6-10(9)15-3/h4-7H,1-3H3,(H,13,14). The van der Waals surface area contributed by atoms with Crippen molar-refractivity contribution in [2.24, 2.45) is 0 Å². The zero-order valence-corrected chi connectivity index (χ0v) is 9.76. The van der Waals surface area contributed by atoms with Gasteiger partial charge in [0.15, 0.2) is 0 Å². The highest BCUT2D eigenvalue weighted by molar-refractivity contribution is 6.30. The summed E-state index contributed by atoms with van der Waals surface area (Å²) in [7, 11) is 1.51. The van der Waals surface area contributed by atoms with E-state index in [1.165, 1.54) is 7.11 Å². The molecule has 0 saturated carbocycles.